The second kappa shape index (κ2) is 6.91. The van der Waals surface area contributed by atoms with E-state index in [0.29, 0.717) is 13.2 Å². The average Bonchev–Trinajstić information content (AvgIpc) is 2.84. The fourth-order valence-electron chi connectivity index (χ4n) is 2.14. The molecule has 4 heteroatoms. The van der Waals surface area contributed by atoms with Gasteiger partial charge in [0.2, 0.25) is 5.95 Å². The van der Waals surface area contributed by atoms with E-state index >= 15 is 0 Å². The molecule has 1 heterocycles. The number of aromatic nitrogens is 2. The van der Waals surface area contributed by atoms with E-state index in [1.165, 1.54) is 5.56 Å². The zero-order valence-corrected chi connectivity index (χ0v) is 12.1. The molecule has 4 nitrogen and oxygen atoms in total. The molecule has 20 heavy (non-hydrogen) atoms. The third kappa shape index (κ3) is 3.27. The highest BCUT2D eigenvalue weighted by molar-refractivity contribution is 5.48. The molecule has 0 unspecified atom stereocenters. The molecule has 0 aliphatic rings. The molecule has 1 N–H and O–H groups in total. The van der Waals surface area contributed by atoms with Gasteiger partial charge in [0, 0.05) is 19.9 Å². The van der Waals surface area contributed by atoms with Crippen LogP contribution in [0.2, 0.25) is 0 Å². The first kappa shape index (κ1) is 14.3. The van der Waals surface area contributed by atoms with Crippen LogP contribution in [0.3, 0.4) is 0 Å². The lowest BCUT2D eigenvalue weighted by Crippen LogP contribution is -2.08. The van der Waals surface area contributed by atoms with Crippen molar-refractivity contribution in [3.63, 3.8) is 0 Å². The largest absolute Gasteiger partial charge is 0.384 e. The van der Waals surface area contributed by atoms with Crippen molar-refractivity contribution >= 4 is 5.95 Å². The zero-order valence-electron chi connectivity index (χ0n) is 12.1. The Morgan fingerprint density at radius 2 is 2.20 bits per heavy atom. The highest BCUT2D eigenvalue weighted by atomic mass is 16.5. The Labute approximate surface area is 120 Å². The number of imidazole rings is 1. The van der Waals surface area contributed by atoms with E-state index in [4.69, 9.17) is 4.74 Å². The summed E-state index contributed by atoms with van der Waals surface area (Å²) in [7, 11) is 1.72. The van der Waals surface area contributed by atoms with Crippen LogP contribution in [-0.4, -0.2) is 29.8 Å². The van der Waals surface area contributed by atoms with E-state index in [1.54, 1.807) is 7.11 Å². The molecule has 1 aromatic heterocycles. The molecular formula is C16H21N3O. The second-order valence-corrected chi connectivity index (χ2v) is 4.62. The minimum Gasteiger partial charge on any atom is -0.384 e. The third-order valence-electron chi connectivity index (χ3n) is 3.06. The van der Waals surface area contributed by atoms with Crippen molar-refractivity contribution in [2.45, 2.75) is 13.3 Å². The van der Waals surface area contributed by atoms with Crippen molar-refractivity contribution in [3.8, 4) is 5.69 Å². The summed E-state index contributed by atoms with van der Waals surface area (Å²) < 4.78 is 7.27. The van der Waals surface area contributed by atoms with Crippen molar-refractivity contribution in [2.75, 3.05) is 25.6 Å². The first-order chi connectivity index (χ1) is 9.76. The lowest BCUT2D eigenvalue weighted by molar-refractivity contribution is 0.202. The molecule has 2 rings (SSSR count). The van der Waals surface area contributed by atoms with Crippen LogP contribution in [0, 0.1) is 6.92 Å². The number of methoxy groups -OCH3 is 1. The minimum atomic E-state index is 0.691. The Morgan fingerprint density at radius 3 is 2.95 bits per heavy atom. The molecule has 0 atom stereocenters. The van der Waals surface area contributed by atoms with Crippen LogP contribution in [0.25, 0.3) is 5.69 Å². The van der Waals surface area contributed by atoms with Gasteiger partial charge in [0.25, 0.3) is 0 Å². The van der Waals surface area contributed by atoms with E-state index < -0.39 is 0 Å². The number of hydrogen-bond acceptors (Lipinski definition) is 3. The Balaban J connectivity index is 2.37. The maximum Gasteiger partial charge on any atom is 0.207 e. The van der Waals surface area contributed by atoms with E-state index in [0.717, 1.165) is 23.8 Å². The molecule has 106 valence electrons. The first-order valence-electron chi connectivity index (χ1n) is 6.74. The Hall–Kier alpha value is -2.07. The summed E-state index contributed by atoms with van der Waals surface area (Å²) in [5.41, 5.74) is 3.36. The van der Waals surface area contributed by atoms with Gasteiger partial charge >= 0.3 is 0 Å². The molecule has 0 saturated heterocycles. The highest BCUT2D eigenvalue weighted by Gasteiger charge is 2.10. The van der Waals surface area contributed by atoms with Gasteiger partial charge in [-0.3, -0.25) is 4.57 Å². The molecule has 0 amide bonds. The molecular weight excluding hydrogens is 250 g/mol. The summed E-state index contributed by atoms with van der Waals surface area (Å²) in [4.78, 5) is 4.52. The number of para-hydroxylation sites is 1. The van der Waals surface area contributed by atoms with Crippen LogP contribution in [0.5, 0.6) is 0 Å². The summed E-state index contributed by atoms with van der Waals surface area (Å²) in [5, 5.41) is 3.27. The van der Waals surface area contributed by atoms with Gasteiger partial charge in [0.15, 0.2) is 0 Å². The highest BCUT2D eigenvalue weighted by Crippen LogP contribution is 2.21. The van der Waals surface area contributed by atoms with E-state index in [1.807, 2.05) is 25.3 Å². The van der Waals surface area contributed by atoms with Crippen molar-refractivity contribution in [1.29, 1.82) is 0 Å². The number of aryl methyl sites for hydroxylation is 1. The van der Waals surface area contributed by atoms with Crippen molar-refractivity contribution in [1.82, 2.24) is 9.55 Å². The lowest BCUT2D eigenvalue weighted by Gasteiger charge is -2.13. The van der Waals surface area contributed by atoms with Crippen LogP contribution < -0.4 is 5.32 Å². The first-order valence-corrected chi connectivity index (χ1v) is 6.74. The fraction of sp³-hybridized carbons (Fsp3) is 0.312. The van der Waals surface area contributed by atoms with Gasteiger partial charge in [-0.25, -0.2) is 4.98 Å². The molecule has 0 bridgehead atoms. The third-order valence-corrected chi connectivity index (χ3v) is 3.06. The molecule has 0 aliphatic heterocycles. The topological polar surface area (TPSA) is 39.1 Å². The van der Waals surface area contributed by atoms with Gasteiger partial charge in [0.1, 0.15) is 0 Å². The quantitative estimate of drug-likeness (QED) is 0.787. The second-order valence-electron chi connectivity index (χ2n) is 4.62. The zero-order chi connectivity index (χ0) is 14.4. The molecule has 1 aromatic carbocycles. The van der Waals surface area contributed by atoms with Crippen molar-refractivity contribution < 1.29 is 4.74 Å². The molecule has 0 spiro atoms. The van der Waals surface area contributed by atoms with Gasteiger partial charge in [-0.1, -0.05) is 24.3 Å². The molecule has 0 radical (unpaired) electrons. The molecule has 2 aromatic rings. The van der Waals surface area contributed by atoms with Gasteiger partial charge in [0.05, 0.1) is 18.0 Å². The fourth-order valence-corrected chi connectivity index (χ4v) is 2.14. The van der Waals surface area contributed by atoms with Gasteiger partial charge < -0.3 is 10.1 Å². The van der Waals surface area contributed by atoms with Crippen molar-refractivity contribution in [2.24, 2.45) is 0 Å². The number of hydrogen-bond donors (Lipinski definition) is 1. The number of anilines is 1. The lowest BCUT2D eigenvalue weighted by atomic mass is 10.1. The molecule has 0 saturated carbocycles. The van der Waals surface area contributed by atoms with Gasteiger partial charge in [-0.2, -0.15) is 0 Å². The summed E-state index contributed by atoms with van der Waals surface area (Å²) >= 11 is 0. The maximum atomic E-state index is 5.18. The normalized spacial score (nSPS) is 10.5. The van der Waals surface area contributed by atoms with Crippen LogP contribution >= 0.6 is 0 Å². The predicted molar refractivity (Wildman–Crippen MR) is 82.6 cm³/mol. The molecule has 0 aliphatic carbocycles. The Morgan fingerprint density at radius 1 is 1.40 bits per heavy atom. The molecule has 0 fully saturated rings. The van der Waals surface area contributed by atoms with E-state index in [9.17, 15) is 0 Å². The predicted octanol–water partition coefficient (Wildman–Crippen LogP) is 2.97. The summed E-state index contributed by atoms with van der Waals surface area (Å²) in [6.07, 6.45) is 4.74. The van der Waals surface area contributed by atoms with Crippen LogP contribution in [0.1, 0.15) is 11.3 Å². The maximum absolute atomic E-state index is 5.18. The minimum absolute atomic E-state index is 0.691. The van der Waals surface area contributed by atoms with E-state index in [2.05, 4.69) is 39.6 Å². The number of benzene rings is 1. The Kier molecular flexibility index (Phi) is 4.96. The monoisotopic (exact) mass is 271 g/mol. The van der Waals surface area contributed by atoms with Crippen LogP contribution in [0.15, 0.2) is 43.1 Å². The standard InChI is InChI=1S/C16H21N3O/c1-4-10-17-16-18-13(2)12-19(16)15-8-6-5-7-14(15)9-11-20-3/h4-8,12H,1,9-11H2,2-3H3,(H,17,18). The number of nitrogens with one attached hydrogen (secondary N) is 1. The van der Waals surface area contributed by atoms with Crippen LogP contribution in [-0.2, 0) is 11.2 Å². The summed E-state index contributed by atoms with van der Waals surface area (Å²) in [6.45, 7) is 7.12. The van der Waals surface area contributed by atoms with Crippen molar-refractivity contribution in [3.05, 3.63) is 54.4 Å². The van der Waals surface area contributed by atoms with Gasteiger partial charge in [-0.05, 0) is 25.0 Å². The van der Waals surface area contributed by atoms with Crippen LogP contribution in [0.4, 0.5) is 5.95 Å². The Bertz CT molecular complexity index is 575. The number of nitrogens with zero attached hydrogens (tertiary/aromatic N) is 2. The number of rotatable bonds is 7. The SMILES string of the molecule is C=CCNc1nc(C)cn1-c1ccccc1CCOC. The average molecular weight is 271 g/mol. The van der Waals surface area contributed by atoms with E-state index in [-0.39, 0.29) is 0 Å². The van der Waals surface area contributed by atoms with Gasteiger partial charge in [-0.15, -0.1) is 6.58 Å². The number of ether oxygens (including phenoxy) is 1. The summed E-state index contributed by atoms with van der Waals surface area (Å²) in [5.74, 6) is 0.840. The smallest absolute Gasteiger partial charge is 0.207 e. The summed E-state index contributed by atoms with van der Waals surface area (Å²) in [6, 6.07) is 8.32.